The van der Waals surface area contributed by atoms with E-state index in [0.29, 0.717) is 23.0 Å². The second-order valence-electron chi connectivity index (χ2n) is 7.41. The second-order valence-corrected chi connectivity index (χ2v) is 7.41. The highest BCUT2D eigenvalue weighted by atomic mass is 16.5. The Balaban J connectivity index is 1.26. The molecule has 6 rings (SSSR count). The standard InChI is InChI=1S/C23H16N8O2/c32-23(28-17-11-26-33-12-17)20-8-13-1-2-14(9-19(13)29-20)22-24-6-5-21(30-22)27-16-3-4-18-15(7-16)10-25-31-18/h1-12,29H,(H,25,31)(H,28,32)(H,24,27,30). The number of fused-ring (bicyclic) bond motifs is 2. The van der Waals surface area contributed by atoms with E-state index in [9.17, 15) is 4.79 Å². The van der Waals surface area contributed by atoms with Crippen molar-refractivity contribution in [1.82, 2.24) is 30.3 Å². The Morgan fingerprint density at radius 1 is 0.939 bits per heavy atom. The van der Waals surface area contributed by atoms with Crippen molar-refractivity contribution in [2.75, 3.05) is 10.6 Å². The normalized spacial score (nSPS) is 11.2. The van der Waals surface area contributed by atoms with Crippen molar-refractivity contribution >= 4 is 44.9 Å². The summed E-state index contributed by atoms with van der Waals surface area (Å²) >= 11 is 0. The van der Waals surface area contributed by atoms with Crippen molar-refractivity contribution in [3.63, 3.8) is 0 Å². The minimum atomic E-state index is -0.284. The third-order valence-corrected chi connectivity index (χ3v) is 5.18. The SMILES string of the molecule is O=C(Nc1cnoc1)c1cc2ccc(-c3nccc(Nc4ccc5[nH]ncc5c4)n3)cc2[nH]1. The van der Waals surface area contributed by atoms with E-state index in [-0.39, 0.29) is 5.91 Å². The number of anilines is 3. The highest BCUT2D eigenvalue weighted by molar-refractivity contribution is 6.06. The first-order valence-corrected chi connectivity index (χ1v) is 10.1. The summed E-state index contributed by atoms with van der Waals surface area (Å²) in [6.07, 6.45) is 6.28. The molecule has 0 saturated heterocycles. The van der Waals surface area contributed by atoms with Gasteiger partial charge in [0.2, 0.25) is 0 Å². The highest BCUT2D eigenvalue weighted by Gasteiger charge is 2.12. The molecule has 0 bridgehead atoms. The van der Waals surface area contributed by atoms with Gasteiger partial charge in [0.15, 0.2) is 5.82 Å². The number of hydrogen-bond acceptors (Lipinski definition) is 7. The molecular weight excluding hydrogens is 420 g/mol. The molecule has 4 aromatic heterocycles. The fourth-order valence-corrected chi connectivity index (χ4v) is 3.59. The molecule has 0 fully saturated rings. The maximum Gasteiger partial charge on any atom is 0.272 e. The van der Waals surface area contributed by atoms with Crippen molar-refractivity contribution in [3.8, 4) is 11.4 Å². The molecule has 0 aliphatic heterocycles. The molecule has 4 N–H and O–H groups in total. The van der Waals surface area contributed by atoms with Crippen molar-refractivity contribution in [3.05, 3.63) is 79.1 Å². The smallest absolute Gasteiger partial charge is 0.272 e. The summed E-state index contributed by atoms with van der Waals surface area (Å²) in [5.41, 5.74) is 4.41. The Morgan fingerprint density at radius 2 is 1.91 bits per heavy atom. The monoisotopic (exact) mass is 436 g/mol. The van der Waals surface area contributed by atoms with E-state index >= 15 is 0 Å². The van der Waals surface area contributed by atoms with E-state index in [1.54, 1.807) is 18.5 Å². The van der Waals surface area contributed by atoms with Crippen LogP contribution in [0.3, 0.4) is 0 Å². The molecule has 33 heavy (non-hydrogen) atoms. The minimum absolute atomic E-state index is 0.284. The predicted molar refractivity (Wildman–Crippen MR) is 123 cm³/mol. The summed E-state index contributed by atoms with van der Waals surface area (Å²) in [7, 11) is 0. The van der Waals surface area contributed by atoms with E-state index < -0.39 is 0 Å². The van der Waals surface area contributed by atoms with E-state index in [2.05, 4.69) is 40.9 Å². The van der Waals surface area contributed by atoms with Crippen LogP contribution in [0.2, 0.25) is 0 Å². The summed E-state index contributed by atoms with van der Waals surface area (Å²) in [4.78, 5) is 24.7. The lowest BCUT2D eigenvalue weighted by Gasteiger charge is -2.07. The fraction of sp³-hybridized carbons (Fsp3) is 0. The maximum absolute atomic E-state index is 12.5. The van der Waals surface area contributed by atoms with Crippen LogP contribution in [0.15, 0.2) is 77.9 Å². The fourth-order valence-electron chi connectivity index (χ4n) is 3.59. The van der Waals surface area contributed by atoms with Crippen LogP contribution in [-0.4, -0.2) is 36.2 Å². The number of aromatic nitrogens is 6. The van der Waals surface area contributed by atoms with E-state index in [4.69, 9.17) is 4.52 Å². The van der Waals surface area contributed by atoms with Crippen LogP contribution in [0.1, 0.15) is 10.5 Å². The molecule has 0 saturated carbocycles. The van der Waals surface area contributed by atoms with Gasteiger partial charge in [-0.2, -0.15) is 5.10 Å². The summed E-state index contributed by atoms with van der Waals surface area (Å²) in [6, 6.07) is 15.3. The van der Waals surface area contributed by atoms with Gasteiger partial charge >= 0.3 is 0 Å². The number of hydrogen-bond donors (Lipinski definition) is 4. The minimum Gasteiger partial charge on any atom is -0.363 e. The summed E-state index contributed by atoms with van der Waals surface area (Å²) in [5, 5.41) is 18.5. The summed E-state index contributed by atoms with van der Waals surface area (Å²) in [6.45, 7) is 0. The van der Waals surface area contributed by atoms with Crippen molar-refractivity contribution < 1.29 is 9.32 Å². The number of H-pyrrole nitrogens is 2. The van der Waals surface area contributed by atoms with Crippen LogP contribution in [0.5, 0.6) is 0 Å². The molecule has 0 radical (unpaired) electrons. The molecule has 0 aliphatic rings. The molecule has 10 nitrogen and oxygen atoms in total. The lowest BCUT2D eigenvalue weighted by atomic mass is 10.1. The first-order valence-electron chi connectivity index (χ1n) is 10.1. The topological polar surface area (TPSA) is 137 Å². The second kappa shape index (κ2) is 7.61. The quantitative estimate of drug-likeness (QED) is 0.312. The van der Waals surface area contributed by atoms with Gasteiger partial charge in [0, 0.05) is 33.7 Å². The third kappa shape index (κ3) is 3.65. The molecule has 0 atom stereocenters. The van der Waals surface area contributed by atoms with Crippen LogP contribution in [-0.2, 0) is 0 Å². The molecule has 4 heterocycles. The molecule has 6 aromatic rings. The molecule has 0 aliphatic carbocycles. The number of rotatable bonds is 5. The van der Waals surface area contributed by atoms with Crippen molar-refractivity contribution in [1.29, 1.82) is 0 Å². The lowest BCUT2D eigenvalue weighted by Crippen LogP contribution is -2.11. The van der Waals surface area contributed by atoms with Gasteiger partial charge in [-0.1, -0.05) is 17.3 Å². The van der Waals surface area contributed by atoms with Gasteiger partial charge in [-0.25, -0.2) is 9.97 Å². The molecule has 160 valence electrons. The van der Waals surface area contributed by atoms with Crippen LogP contribution >= 0.6 is 0 Å². The van der Waals surface area contributed by atoms with Crippen LogP contribution in [0.4, 0.5) is 17.2 Å². The first-order chi connectivity index (χ1) is 16.2. The van der Waals surface area contributed by atoms with Crippen LogP contribution < -0.4 is 10.6 Å². The zero-order valence-corrected chi connectivity index (χ0v) is 17.0. The Labute approximate surface area is 186 Å². The number of benzene rings is 2. The van der Waals surface area contributed by atoms with Crippen LogP contribution in [0.25, 0.3) is 33.2 Å². The molecule has 0 unspecified atom stereocenters. The van der Waals surface area contributed by atoms with Gasteiger partial charge in [-0.3, -0.25) is 9.89 Å². The zero-order chi connectivity index (χ0) is 22.2. The lowest BCUT2D eigenvalue weighted by molar-refractivity contribution is 0.102. The Kier molecular flexibility index (Phi) is 4.32. The van der Waals surface area contributed by atoms with E-state index in [1.165, 1.54) is 12.5 Å². The highest BCUT2D eigenvalue weighted by Crippen LogP contribution is 2.25. The molecule has 10 heteroatoms. The van der Waals surface area contributed by atoms with Gasteiger partial charge in [0.1, 0.15) is 23.5 Å². The molecule has 1 amide bonds. The number of amides is 1. The van der Waals surface area contributed by atoms with Gasteiger partial charge in [0.05, 0.1) is 17.9 Å². The van der Waals surface area contributed by atoms with Gasteiger partial charge in [0.25, 0.3) is 5.91 Å². The number of nitrogens with zero attached hydrogens (tertiary/aromatic N) is 4. The van der Waals surface area contributed by atoms with E-state index in [0.717, 1.165) is 33.1 Å². The van der Waals surface area contributed by atoms with Gasteiger partial charge in [-0.05, 0) is 36.4 Å². The van der Waals surface area contributed by atoms with Gasteiger partial charge < -0.3 is 20.1 Å². The largest absolute Gasteiger partial charge is 0.363 e. The number of carbonyl (C=O) groups excluding carboxylic acids is 1. The van der Waals surface area contributed by atoms with Gasteiger partial charge in [-0.15, -0.1) is 0 Å². The summed E-state index contributed by atoms with van der Waals surface area (Å²) in [5.74, 6) is 0.951. The Morgan fingerprint density at radius 3 is 2.82 bits per heavy atom. The average Bonchev–Trinajstić information content (AvgIpc) is 3.59. The molecular formula is C23H16N8O2. The van der Waals surface area contributed by atoms with Crippen molar-refractivity contribution in [2.24, 2.45) is 0 Å². The number of nitrogens with one attached hydrogen (secondary N) is 4. The number of carbonyl (C=O) groups is 1. The molecule has 0 spiro atoms. The van der Waals surface area contributed by atoms with Crippen molar-refractivity contribution in [2.45, 2.75) is 0 Å². The average molecular weight is 436 g/mol. The predicted octanol–water partition coefficient (Wildman–Crippen LogP) is 4.49. The maximum atomic E-state index is 12.5. The Bertz CT molecular complexity index is 1600. The zero-order valence-electron chi connectivity index (χ0n) is 17.0. The third-order valence-electron chi connectivity index (χ3n) is 5.18. The molecule has 2 aromatic carbocycles. The Hall–Kier alpha value is -4.99. The summed E-state index contributed by atoms with van der Waals surface area (Å²) < 4.78 is 4.74. The van der Waals surface area contributed by atoms with Crippen LogP contribution in [0, 0.1) is 0 Å². The first kappa shape index (κ1) is 18.8. The van der Waals surface area contributed by atoms with E-state index in [1.807, 2.05) is 42.5 Å². The number of aromatic amines is 2.